The van der Waals surface area contributed by atoms with Crippen LogP contribution in [0.5, 0.6) is 0 Å². The Morgan fingerprint density at radius 3 is 2.29 bits per heavy atom. The van der Waals surface area contributed by atoms with Crippen LogP contribution in [0.2, 0.25) is 0 Å². The van der Waals surface area contributed by atoms with E-state index in [0.29, 0.717) is 12.2 Å². The van der Waals surface area contributed by atoms with Gasteiger partial charge >= 0.3 is 21.3 Å². The highest BCUT2D eigenvalue weighted by Gasteiger charge is 2.54. The van der Waals surface area contributed by atoms with Gasteiger partial charge in [-0.1, -0.05) is 50.6 Å². The Bertz CT molecular complexity index is 855. The van der Waals surface area contributed by atoms with Crippen molar-refractivity contribution in [2.45, 2.75) is 44.6 Å². The number of benzene rings is 1. The van der Waals surface area contributed by atoms with Gasteiger partial charge in [-0.2, -0.15) is 0 Å². The number of nitrogens with zero attached hydrogens (tertiary/aromatic N) is 1. The second kappa shape index (κ2) is 15.2. The van der Waals surface area contributed by atoms with Crippen molar-refractivity contribution in [3.63, 3.8) is 0 Å². The molecule has 1 saturated heterocycles. The van der Waals surface area contributed by atoms with Gasteiger partial charge in [-0.15, -0.1) is 0 Å². The van der Waals surface area contributed by atoms with Gasteiger partial charge in [0.25, 0.3) is 5.91 Å². The largest absolute Gasteiger partial charge is 0.761 e. The molecule has 1 aromatic rings. The number of nitrogens with one attached hydrogen (secondary N) is 1. The lowest BCUT2D eigenvalue weighted by molar-refractivity contribution is -0.146. The fourth-order valence-corrected chi connectivity index (χ4v) is 3.30. The van der Waals surface area contributed by atoms with E-state index in [2.05, 4.69) is 5.32 Å². The molecule has 2 rings (SSSR count). The highest BCUT2D eigenvalue weighted by Crippen LogP contribution is 2.33. The van der Waals surface area contributed by atoms with Crippen LogP contribution in [0, 0.1) is 0 Å². The Morgan fingerprint density at radius 2 is 1.79 bits per heavy atom. The topological polar surface area (TPSA) is 186 Å². The number of carbonyl (C=O) groups is 4. The van der Waals surface area contributed by atoms with Crippen molar-refractivity contribution in [1.29, 1.82) is 0 Å². The Labute approximate surface area is 209 Å². The van der Waals surface area contributed by atoms with Gasteiger partial charge < -0.3 is 24.8 Å². The Hall–Kier alpha value is -2.79. The minimum absolute atomic E-state index is 0. The van der Waals surface area contributed by atoms with Crippen LogP contribution in [0.1, 0.15) is 38.7 Å². The zero-order valence-electron chi connectivity index (χ0n) is 18.5. The molecule has 5 N–H and O–H groups in total. The average Bonchev–Trinajstić information content (AvgIpc) is 2.74. The summed E-state index contributed by atoms with van der Waals surface area (Å²) in [6, 6.07) is 7.67. The van der Waals surface area contributed by atoms with Crippen LogP contribution in [0.3, 0.4) is 0 Å². The van der Waals surface area contributed by atoms with E-state index in [0.717, 1.165) is 17.7 Å². The number of ether oxygens (including phenoxy) is 2. The van der Waals surface area contributed by atoms with Crippen LogP contribution in [0.15, 0.2) is 30.3 Å². The minimum Gasteiger partial charge on any atom is -0.511 e. The highest BCUT2D eigenvalue weighted by molar-refractivity contribution is 6.23. The van der Waals surface area contributed by atoms with Crippen LogP contribution in [-0.2, 0) is 28.9 Å². The summed E-state index contributed by atoms with van der Waals surface area (Å²) in [4.78, 5) is 64.9. The predicted molar refractivity (Wildman–Crippen MR) is 125 cm³/mol. The first-order chi connectivity index (χ1) is 15.6. The fourth-order valence-electron chi connectivity index (χ4n) is 3.30. The highest BCUT2D eigenvalue weighted by atomic mass is 28.3. The van der Waals surface area contributed by atoms with E-state index in [9.17, 15) is 19.2 Å². The number of primary amides is 1. The number of imide groups is 2. The monoisotopic (exact) mass is 513 g/mol. The molecule has 2 unspecified atom stereocenters. The molecule has 188 valence electrons. The lowest BCUT2D eigenvalue weighted by atomic mass is 9.74. The van der Waals surface area contributed by atoms with E-state index in [1.54, 1.807) is 37.3 Å². The number of nitrogens with two attached hydrogens (primary N) is 1. The minimum atomic E-state index is -3.13. The summed E-state index contributed by atoms with van der Waals surface area (Å²) in [5.74, 6) is -1.35. The van der Waals surface area contributed by atoms with Crippen molar-refractivity contribution in [3.05, 3.63) is 35.9 Å². The molecule has 0 saturated carbocycles. The summed E-state index contributed by atoms with van der Waals surface area (Å²) < 4.78 is 19.2. The molecule has 14 heteroatoms. The van der Waals surface area contributed by atoms with Crippen molar-refractivity contribution < 1.29 is 42.7 Å². The quantitative estimate of drug-likeness (QED) is 0.171. The van der Waals surface area contributed by atoms with E-state index in [4.69, 9.17) is 29.3 Å². The third kappa shape index (κ3) is 8.53. The van der Waals surface area contributed by atoms with Crippen molar-refractivity contribution in [1.82, 2.24) is 10.2 Å². The number of barbiturate groups is 1. The van der Waals surface area contributed by atoms with Gasteiger partial charge in [-0.3, -0.25) is 24.3 Å². The summed E-state index contributed by atoms with van der Waals surface area (Å²) in [5.41, 5.74) is 4.05. The first kappa shape index (κ1) is 31.2. The summed E-state index contributed by atoms with van der Waals surface area (Å²) in [7, 11) is -3.13. The molecule has 1 aliphatic heterocycles. The smallest absolute Gasteiger partial charge is 0.511 e. The molecule has 1 fully saturated rings. The molecule has 1 aliphatic rings. The SMILES string of the molecule is CCCCOCC(CN1C(=O)NC(=O)C(CC)(c2ccccc2)C1=O)OC(N)=O.O=[Si](O)O.[AlH3]. The zero-order valence-corrected chi connectivity index (χ0v) is 19.5. The molecule has 1 aromatic carbocycles. The van der Waals surface area contributed by atoms with Gasteiger partial charge in [0.05, 0.1) is 13.2 Å². The number of urea groups is 1. The van der Waals surface area contributed by atoms with Gasteiger partial charge in [-0.25, -0.2) is 9.59 Å². The second-order valence-corrected chi connectivity index (χ2v) is 7.64. The lowest BCUT2D eigenvalue weighted by Crippen LogP contribution is -2.67. The number of hydrogen-bond acceptors (Lipinski definition) is 7. The summed E-state index contributed by atoms with van der Waals surface area (Å²) >= 11 is 0. The molecular formula is C20H32AlN3O9Si. The molecule has 0 aromatic heterocycles. The third-order valence-electron chi connectivity index (χ3n) is 4.88. The first-order valence-electron chi connectivity index (χ1n) is 10.3. The molecule has 5 amide bonds. The number of amides is 5. The van der Waals surface area contributed by atoms with Gasteiger partial charge in [0.1, 0.15) is 6.10 Å². The molecular weight excluding hydrogens is 481 g/mol. The van der Waals surface area contributed by atoms with Crippen LogP contribution in [-0.4, -0.2) is 90.8 Å². The van der Waals surface area contributed by atoms with Crippen molar-refractivity contribution in [3.8, 4) is 0 Å². The molecule has 0 bridgehead atoms. The number of rotatable bonds is 10. The van der Waals surface area contributed by atoms with E-state index < -0.39 is 44.6 Å². The maximum absolute atomic E-state index is 13.3. The van der Waals surface area contributed by atoms with Crippen molar-refractivity contribution in [2.75, 3.05) is 19.8 Å². The fraction of sp³-hybridized carbons (Fsp3) is 0.500. The molecule has 34 heavy (non-hydrogen) atoms. The summed E-state index contributed by atoms with van der Waals surface area (Å²) in [5, 5.41) is 2.25. The van der Waals surface area contributed by atoms with Crippen LogP contribution >= 0.6 is 0 Å². The van der Waals surface area contributed by atoms with E-state index in [-0.39, 0.29) is 36.9 Å². The van der Waals surface area contributed by atoms with Crippen LogP contribution < -0.4 is 11.1 Å². The number of hydrogen-bond donors (Lipinski definition) is 4. The molecule has 0 spiro atoms. The van der Waals surface area contributed by atoms with E-state index in [1.165, 1.54) is 0 Å². The maximum Gasteiger partial charge on any atom is 0.761 e. The summed E-state index contributed by atoms with van der Waals surface area (Å²) in [6.45, 7) is 3.84. The Kier molecular flexibility index (Phi) is 13.9. The van der Waals surface area contributed by atoms with Gasteiger partial charge in [0, 0.05) is 6.61 Å². The van der Waals surface area contributed by atoms with Gasteiger partial charge in [-0.05, 0) is 18.4 Å². The normalized spacial score (nSPS) is 18.1. The molecule has 12 nitrogen and oxygen atoms in total. The van der Waals surface area contributed by atoms with Crippen LogP contribution in [0.25, 0.3) is 0 Å². The predicted octanol–water partition coefficient (Wildman–Crippen LogP) is -1.10. The molecule has 0 radical (unpaired) electrons. The maximum atomic E-state index is 13.3. The van der Waals surface area contributed by atoms with Gasteiger partial charge in [0.2, 0.25) is 5.91 Å². The molecule has 1 heterocycles. The van der Waals surface area contributed by atoms with Crippen molar-refractivity contribution in [2.24, 2.45) is 5.73 Å². The molecule has 0 aliphatic carbocycles. The molecule has 2 atom stereocenters. The van der Waals surface area contributed by atoms with Crippen molar-refractivity contribution >= 4 is 50.5 Å². The third-order valence-corrected chi connectivity index (χ3v) is 4.88. The second-order valence-electron chi connectivity index (χ2n) is 7.07. The zero-order chi connectivity index (χ0) is 25.0. The number of carbonyl (C=O) groups excluding carboxylic acids is 4. The van der Waals surface area contributed by atoms with Gasteiger partial charge in [0.15, 0.2) is 22.8 Å². The summed E-state index contributed by atoms with van der Waals surface area (Å²) in [6.07, 6.45) is -0.0994. The van der Waals surface area contributed by atoms with E-state index >= 15 is 0 Å². The van der Waals surface area contributed by atoms with E-state index in [1.807, 2.05) is 6.92 Å². The number of unbranched alkanes of at least 4 members (excludes halogenated alkanes) is 1. The Balaban J connectivity index is 0.00000201. The average molecular weight is 514 g/mol. The first-order valence-corrected chi connectivity index (χ1v) is 11.6. The van der Waals surface area contributed by atoms with Crippen LogP contribution in [0.4, 0.5) is 9.59 Å². The standard InChI is InChI=1S/C20H27N3O6.Al.H2O3Si.3H/c1-3-5-11-28-13-15(29-18(21)26)12-23-17(25)20(4-2,16(24)22-19(23)27)14-9-7-6-8-10-14;;1-4(2)3;;;/h6-10,15H,3-5,11-13H2,1-2H3,(H2,21,26)(H,22,24,27);;1-2H;;;. The Morgan fingerprint density at radius 1 is 1.21 bits per heavy atom. The lowest BCUT2D eigenvalue weighted by Gasteiger charge is -2.39.